The van der Waals surface area contributed by atoms with Gasteiger partial charge in [0.2, 0.25) is 0 Å². The normalized spacial score (nSPS) is 10.1. The van der Waals surface area contributed by atoms with Crippen LogP contribution < -0.4 is 4.90 Å². The Morgan fingerprint density at radius 3 is 2.82 bits per heavy atom. The summed E-state index contributed by atoms with van der Waals surface area (Å²) >= 11 is 11.6. The summed E-state index contributed by atoms with van der Waals surface area (Å²) in [6, 6.07) is 1.63. The summed E-state index contributed by atoms with van der Waals surface area (Å²) < 4.78 is 4.55. The first-order valence-corrected chi connectivity index (χ1v) is 5.77. The van der Waals surface area contributed by atoms with E-state index in [-0.39, 0.29) is 16.3 Å². The molecule has 0 amide bonds. The van der Waals surface area contributed by atoms with E-state index in [1.807, 2.05) is 11.9 Å². The number of halogens is 2. The lowest BCUT2D eigenvalue weighted by molar-refractivity contribution is -0.140. The summed E-state index contributed by atoms with van der Waals surface area (Å²) in [4.78, 5) is 12.8. The maximum absolute atomic E-state index is 10.9. The maximum Gasteiger partial charge on any atom is 0.305 e. The molecule has 0 radical (unpaired) electrons. The summed E-state index contributed by atoms with van der Waals surface area (Å²) in [6.07, 6.45) is 1.03. The lowest BCUT2D eigenvalue weighted by Gasteiger charge is -2.19. The van der Waals surface area contributed by atoms with Crippen LogP contribution in [-0.4, -0.2) is 36.9 Å². The third kappa shape index (κ3) is 4.36. The fraction of sp³-hybridized carbons (Fsp3) is 0.500. The molecule has 5 nitrogen and oxygen atoms in total. The number of ether oxygens (including phenoxy) is 1. The van der Waals surface area contributed by atoms with Gasteiger partial charge in [-0.25, -0.2) is 0 Å². The zero-order valence-corrected chi connectivity index (χ0v) is 11.1. The zero-order valence-electron chi connectivity index (χ0n) is 9.61. The SMILES string of the molecule is COC(=O)CCCN(C)c1cc(Cl)nnc1Cl. The van der Waals surface area contributed by atoms with Crippen LogP contribution in [-0.2, 0) is 9.53 Å². The molecule has 1 heterocycles. The summed E-state index contributed by atoms with van der Waals surface area (Å²) in [7, 11) is 3.21. The minimum Gasteiger partial charge on any atom is -0.469 e. The van der Waals surface area contributed by atoms with Gasteiger partial charge >= 0.3 is 5.97 Å². The number of aromatic nitrogens is 2. The molecule has 0 N–H and O–H groups in total. The third-order valence-corrected chi connectivity index (χ3v) is 2.67. The van der Waals surface area contributed by atoms with Crippen LogP contribution in [0.3, 0.4) is 0 Å². The van der Waals surface area contributed by atoms with E-state index in [0.717, 1.165) is 0 Å². The van der Waals surface area contributed by atoms with Gasteiger partial charge in [0.15, 0.2) is 10.3 Å². The summed E-state index contributed by atoms with van der Waals surface area (Å²) in [5, 5.41) is 7.90. The van der Waals surface area contributed by atoms with E-state index in [0.29, 0.717) is 25.1 Å². The van der Waals surface area contributed by atoms with Crippen molar-refractivity contribution in [2.24, 2.45) is 0 Å². The number of esters is 1. The van der Waals surface area contributed by atoms with Crippen molar-refractivity contribution in [1.82, 2.24) is 10.2 Å². The molecule has 0 aliphatic carbocycles. The highest BCUT2D eigenvalue weighted by molar-refractivity contribution is 6.33. The van der Waals surface area contributed by atoms with Crippen molar-refractivity contribution in [3.8, 4) is 0 Å². The van der Waals surface area contributed by atoms with Crippen molar-refractivity contribution >= 4 is 34.9 Å². The van der Waals surface area contributed by atoms with Gasteiger partial charge in [0.25, 0.3) is 0 Å². The molecule has 0 bridgehead atoms. The molecule has 0 unspecified atom stereocenters. The molecule has 7 heteroatoms. The Labute approximate surface area is 110 Å². The largest absolute Gasteiger partial charge is 0.469 e. The van der Waals surface area contributed by atoms with Gasteiger partial charge in [0.1, 0.15) is 0 Å². The van der Waals surface area contributed by atoms with Crippen molar-refractivity contribution in [2.45, 2.75) is 12.8 Å². The van der Waals surface area contributed by atoms with Gasteiger partial charge in [-0.15, -0.1) is 10.2 Å². The molecular weight excluding hydrogens is 265 g/mol. The van der Waals surface area contributed by atoms with E-state index in [1.165, 1.54) is 7.11 Å². The Hall–Kier alpha value is -1.07. The van der Waals surface area contributed by atoms with Crippen LogP contribution in [0.15, 0.2) is 6.07 Å². The molecule has 1 aromatic rings. The Kier molecular flexibility index (Phi) is 5.44. The Balaban J connectivity index is 2.54. The minimum absolute atomic E-state index is 0.226. The second-order valence-electron chi connectivity index (χ2n) is 3.44. The molecule has 0 saturated heterocycles. The number of carbonyl (C=O) groups is 1. The Bertz CT molecular complexity index is 401. The van der Waals surface area contributed by atoms with Gasteiger partial charge in [0, 0.05) is 26.1 Å². The van der Waals surface area contributed by atoms with Crippen molar-refractivity contribution in [3.05, 3.63) is 16.4 Å². The molecule has 1 aromatic heterocycles. The van der Waals surface area contributed by atoms with E-state index < -0.39 is 0 Å². The van der Waals surface area contributed by atoms with Crippen molar-refractivity contribution in [3.63, 3.8) is 0 Å². The van der Waals surface area contributed by atoms with Gasteiger partial charge in [-0.3, -0.25) is 4.79 Å². The van der Waals surface area contributed by atoms with E-state index in [2.05, 4.69) is 14.9 Å². The van der Waals surface area contributed by atoms with Gasteiger partial charge in [-0.2, -0.15) is 0 Å². The predicted octanol–water partition coefficient (Wildman–Crippen LogP) is 2.17. The van der Waals surface area contributed by atoms with Gasteiger partial charge in [0.05, 0.1) is 12.8 Å². The smallest absolute Gasteiger partial charge is 0.305 e. The summed E-state index contributed by atoms with van der Waals surface area (Å²) in [6.45, 7) is 0.650. The standard InChI is InChI=1S/C10H13Cl2N3O2/c1-15(5-3-4-9(16)17-2)7-6-8(11)13-14-10(7)12/h6H,3-5H2,1-2H3. The number of carbonyl (C=O) groups excluding carboxylic acids is 1. The molecule has 0 aromatic carbocycles. The lowest BCUT2D eigenvalue weighted by Crippen LogP contribution is -2.20. The van der Waals surface area contributed by atoms with Crippen LogP contribution in [0, 0.1) is 0 Å². The van der Waals surface area contributed by atoms with Crippen LogP contribution in [0.25, 0.3) is 0 Å². The van der Waals surface area contributed by atoms with E-state index in [4.69, 9.17) is 23.2 Å². The molecule has 0 saturated carbocycles. The first-order valence-electron chi connectivity index (χ1n) is 5.01. The molecule has 1 rings (SSSR count). The minimum atomic E-state index is -0.226. The quantitative estimate of drug-likeness (QED) is 0.773. The maximum atomic E-state index is 10.9. The zero-order chi connectivity index (χ0) is 12.8. The number of methoxy groups -OCH3 is 1. The summed E-state index contributed by atoms with van der Waals surface area (Å²) in [5.74, 6) is -0.226. The fourth-order valence-corrected chi connectivity index (χ4v) is 1.67. The van der Waals surface area contributed by atoms with Crippen molar-refractivity contribution < 1.29 is 9.53 Å². The lowest BCUT2D eigenvalue weighted by atomic mass is 10.3. The van der Waals surface area contributed by atoms with Crippen LogP contribution in [0.4, 0.5) is 5.69 Å². The fourth-order valence-electron chi connectivity index (χ4n) is 1.29. The third-order valence-electron chi connectivity index (χ3n) is 2.21. The number of rotatable bonds is 5. The monoisotopic (exact) mass is 277 g/mol. The molecule has 17 heavy (non-hydrogen) atoms. The van der Waals surface area contributed by atoms with E-state index >= 15 is 0 Å². The number of anilines is 1. The second kappa shape index (κ2) is 6.61. The highest BCUT2D eigenvalue weighted by Gasteiger charge is 2.10. The van der Waals surface area contributed by atoms with Gasteiger partial charge in [-0.05, 0) is 6.42 Å². The van der Waals surface area contributed by atoms with Crippen LogP contribution >= 0.6 is 23.2 Å². The van der Waals surface area contributed by atoms with E-state index in [1.54, 1.807) is 6.07 Å². The molecule has 0 aliphatic rings. The molecular formula is C10H13Cl2N3O2. The molecule has 0 atom stereocenters. The molecule has 0 spiro atoms. The first kappa shape index (κ1) is 14.0. The number of hydrogen-bond acceptors (Lipinski definition) is 5. The van der Waals surface area contributed by atoms with Crippen LogP contribution in [0.2, 0.25) is 10.3 Å². The number of hydrogen-bond donors (Lipinski definition) is 0. The highest BCUT2D eigenvalue weighted by atomic mass is 35.5. The van der Waals surface area contributed by atoms with Crippen LogP contribution in [0.1, 0.15) is 12.8 Å². The van der Waals surface area contributed by atoms with E-state index in [9.17, 15) is 4.79 Å². The highest BCUT2D eigenvalue weighted by Crippen LogP contribution is 2.24. The summed E-state index contributed by atoms with van der Waals surface area (Å²) in [5.41, 5.74) is 0.691. The molecule has 0 fully saturated rings. The average Bonchev–Trinajstić information content (AvgIpc) is 2.31. The van der Waals surface area contributed by atoms with Gasteiger partial charge in [-0.1, -0.05) is 23.2 Å². The van der Waals surface area contributed by atoms with Crippen molar-refractivity contribution in [1.29, 1.82) is 0 Å². The molecule has 94 valence electrons. The van der Waals surface area contributed by atoms with Crippen molar-refractivity contribution in [2.75, 3.05) is 25.6 Å². The topological polar surface area (TPSA) is 55.3 Å². The van der Waals surface area contributed by atoms with Gasteiger partial charge < -0.3 is 9.64 Å². The predicted molar refractivity (Wildman–Crippen MR) is 66.6 cm³/mol. The average molecular weight is 278 g/mol. The first-order chi connectivity index (χ1) is 8.04. The Morgan fingerprint density at radius 1 is 1.47 bits per heavy atom. The molecule has 0 aliphatic heterocycles. The second-order valence-corrected chi connectivity index (χ2v) is 4.19. The number of nitrogens with zero attached hydrogens (tertiary/aromatic N) is 3. The Morgan fingerprint density at radius 2 is 2.18 bits per heavy atom. The van der Waals surface area contributed by atoms with Crippen LogP contribution in [0.5, 0.6) is 0 Å².